The molecule has 4 nitrogen and oxygen atoms in total. The molecule has 4 heteroatoms. The van der Waals surface area contributed by atoms with Crippen molar-refractivity contribution in [2.45, 2.75) is 33.1 Å². The molecule has 0 aromatic heterocycles. The molecule has 2 rings (SSSR count). The molecule has 0 spiro atoms. The maximum atomic E-state index is 12.3. The molecule has 0 aliphatic rings. The van der Waals surface area contributed by atoms with Crippen LogP contribution in [0.4, 0.5) is 0 Å². The topological polar surface area (TPSA) is 58.2 Å². The van der Waals surface area contributed by atoms with E-state index in [1.165, 1.54) is 5.56 Å². The third-order valence-electron chi connectivity index (χ3n) is 4.16. The maximum Gasteiger partial charge on any atom is 0.251 e. The Morgan fingerprint density at radius 2 is 1.46 bits per heavy atom. The Morgan fingerprint density at radius 3 is 2.08 bits per heavy atom. The van der Waals surface area contributed by atoms with Crippen LogP contribution in [0.3, 0.4) is 0 Å². The van der Waals surface area contributed by atoms with Gasteiger partial charge >= 0.3 is 0 Å². The molecule has 2 aromatic rings. The number of amides is 2. The van der Waals surface area contributed by atoms with Crippen molar-refractivity contribution in [3.8, 4) is 0 Å². The molecule has 0 heterocycles. The Hall–Kier alpha value is -2.62. The first-order chi connectivity index (χ1) is 12.6. The summed E-state index contributed by atoms with van der Waals surface area (Å²) in [6.07, 6.45) is 2.75. The van der Waals surface area contributed by atoms with E-state index in [0.29, 0.717) is 30.1 Å². The standard InChI is InChI=1S/C22H28N2O2/c1-17(2)13-15-24-22(26)20-12-6-11-19(16-20)21(25)23-14-7-10-18-8-4-3-5-9-18/h3-6,8-9,11-12,16-17H,7,10,13-15H2,1-2H3,(H,23,25)(H,24,26). The lowest BCUT2D eigenvalue weighted by molar-refractivity contribution is 0.0951. The SMILES string of the molecule is CC(C)CCNC(=O)c1cccc(C(=O)NCCCc2ccccc2)c1. The highest BCUT2D eigenvalue weighted by atomic mass is 16.2. The largest absolute Gasteiger partial charge is 0.352 e. The minimum atomic E-state index is -0.144. The second-order valence-corrected chi connectivity index (χ2v) is 6.86. The van der Waals surface area contributed by atoms with Crippen LogP contribution >= 0.6 is 0 Å². The minimum Gasteiger partial charge on any atom is -0.352 e. The highest BCUT2D eigenvalue weighted by Crippen LogP contribution is 2.07. The van der Waals surface area contributed by atoms with Gasteiger partial charge in [0, 0.05) is 24.2 Å². The number of hydrogen-bond acceptors (Lipinski definition) is 2. The van der Waals surface area contributed by atoms with Crippen molar-refractivity contribution in [1.29, 1.82) is 0 Å². The lowest BCUT2D eigenvalue weighted by Crippen LogP contribution is -2.27. The van der Waals surface area contributed by atoms with Gasteiger partial charge in [-0.15, -0.1) is 0 Å². The van der Waals surface area contributed by atoms with Gasteiger partial charge in [0.2, 0.25) is 0 Å². The lowest BCUT2D eigenvalue weighted by atomic mass is 10.1. The Morgan fingerprint density at radius 1 is 0.846 bits per heavy atom. The summed E-state index contributed by atoms with van der Waals surface area (Å²) in [5.41, 5.74) is 2.30. The van der Waals surface area contributed by atoms with E-state index in [4.69, 9.17) is 0 Å². The van der Waals surface area contributed by atoms with Crippen molar-refractivity contribution in [3.05, 3.63) is 71.3 Å². The van der Waals surface area contributed by atoms with E-state index in [1.807, 2.05) is 18.2 Å². The molecule has 0 aliphatic carbocycles. The van der Waals surface area contributed by atoms with Crippen molar-refractivity contribution in [2.75, 3.05) is 13.1 Å². The van der Waals surface area contributed by atoms with Gasteiger partial charge in [-0.05, 0) is 48.9 Å². The van der Waals surface area contributed by atoms with E-state index in [0.717, 1.165) is 19.3 Å². The lowest BCUT2D eigenvalue weighted by Gasteiger charge is -2.09. The van der Waals surface area contributed by atoms with Gasteiger partial charge in [0.1, 0.15) is 0 Å². The monoisotopic (exact) mass is 352 g/mol. The van der Waals surface area contributed by atoms with Crippen LogP contribution in [0.5, 0.6) is 0 Å². The summed E-state index contributed by atoms with van der Waals surface area (Å²) in [5.74, 6) is 0.266. The summed E-state index contributed by atoms with van der Waals surface area (Å²) in [6, 6.07) is 17.1. The minimum absolute atomic E-state index is 0.135. The molecular weight excluding hydrogens is 324 g/mol. The first kappa shape index (κ1) is 19.7. The second-order valence-electron chi connectivity index (χ2n) is 6.86. The number of carbonyl (C=O) groups is 2. The van der Waals surface area contributed by atoms with Gasteiger partial charge in [-0.1, -0.05) is 50.2 Å². The second kappa shape index (κ2) is 10.4. The number of nitrogens with one attached hydrogen (secondary N) is 2. The summed E-state index contributed by atoms with van der Waals surface area (Å²) in [4.78, 5) is 24.5. The Labute approximate surface area is 156 Å². The van der Waals surface area contributed by atoms with E-state index in [9.17, 15) is 9.59 Å². The van der Waals surface area contributed by atoms with Crippen LogP contribution in [0.1, 0.15) is 53.0 Å². The van der Waals surface area contributed by atoms with Gasteiger partial charge in [-0.25, -0.2) is 0 Å². The van der Waals surface area contributed by atoms with Crippen LogP contribution < -0.4 is 10.6 Å². The molecule has 0 fully saturated rings. The molecule has 0 saturated carbocycles. The predicted octanol–water partition coefficient (Wildman–Crippen LogP) is 3.83. The fraction of sp³-hybridized carbons (Fsp3) is 0.364. The van der Waals surface area contributed by atoms with Crippen molar-refractivity contribution in [1.82, 2.24) is 10.6 Å². The molecule has 2 aromatic carbocycles. The van der Waals surface area contributed by atoms with E-state index in [1.54, 1.807) is 24.3 Å². The van der Waals surface area contributed by atoms with E-state index in [-0.39, 0.29) is 11.8 Å². The summed E-state index contributed by atoms with van der Waals surface area (Å²) < 4.78 is 0. The highest BCUT2D eigenvalue weighted by molar-refractivity contribution is 5.99. The third kappa shape index (κ3) is 6.71. The molecule has 0 aliphatic heterocycles. The normalized spacial score (nSPS) is 10.6. The Kier molecular flexibility index (Phi) is 7.87. The van der Waals surface area contributed by atoms with Gasteiger partial charge in [-0.2, -0.15) is 0 Å². The molecule has 26 heavy (non-hydrogen) atoms. The van der Waals surface area contributed by atoms with Crippen LogP contribution in [0.2, 0.25) is 0 Å². The van der Waals surface area contributed by atoms with Crippen LogP contribution in [0, 0.1) is 5.92 Å². The first-order valence-electron chi connectivity index (χ1n) is 9.26. The summed E-state index contributed by atoms with van der Waals surface area (Å²) in [6.45, 7) is 5.49. The average molecular weight is 352 g/mol. The summed E-state index contributed by atoms with van der Waals surface area (Å²) in [5, 5.41) is 5.82. The van der Waals surface area contributed by atoms with E-state index < -0.39 is 0 Å². The number of aryl methyl sites for hydroxylation is 1. The Bertz CT molecular complexity index is 711. The number of hydrogen-bond donors (Lipinski definition) is 2. The fourth-order valence-electron chi connectivity index (χ4n) is 2.62. The molecule has 0 saturated heterocycles. The zero-order valence-electron chi connectivity index (χ0n) is 15.6. The molecule has 0 unspecified atom stereocenters. The van der Waals surface area contributed by atoms with Crippen molar-refractivity contribution >= 4 is 11.8 Å². The van der Waals surface area contributed by atoms with Crippen LogP contribution in [0.25, 0.3) is 0 Å². The molecule has 138 valence electrons. The summed E-state index contributed by atoms with van der Waals surface area (Å²) in [7, 11) is 0. The third-order valence-corrected chi connectivity index (χ3v) is 4.16. The molecule has 2 N–H and O–H groups in total. The van der Waals surface area contributed by atoms with Crippen molar-refractivity contribution in [2.24, 2.45) is 5.92 Å². The number of rotatable bonds is 9. The Balaban J connectivity index is 1.80. The quantitative estimate of drug-likeness (QED) is 0.674. The smallest absolute Gasteiger partial charge is 0.251 e. The maximum absolute atomic E-state index is 12.3. The van der Waals surface area contributed by atoms with Gasteiger partial charge in [-0.3, -0.25) is 9.59 Å². The number of benzene rings is 2. The summed E-state index contributed by atoms with van der Waals surface area (Å²) >= 11 is 0. The zero-order chi connectivity index (χ0) is 18.8. The first-order valence-corrected chi connectivity index (χ1v) is 9.26. The predicted molar refractivity (Wildman–Crippen MR) is 105 cm³/mol. The fourth-order valence-corrected chi connectivity index (χ4v) is 2.62. The van der Waals surface area contributed by atoms with Gasteiger partial charge in [0.25, 0.3) is 11.8 Å². The van der Waals surface area contributed by atoms with Gasteiger partial charge < -0.3 is 10.6 Å². The van der Waals surface area contributed by atoms with Crippen LogP contribution in [-0.2, 0) is 6.42 Å². The number of carbonyl (C=O) groups excluding carboxylic acids is 2. The van der Waals surface area contributed by atoms with Gasteiger partial charge in [0.15, 0.2) is 0 Å². The highest BCUT2D eigenvalue weighted by Gasteiger charge is 2.10. The van der Waals surface area contributed by atoms with Crippen molar-refractivity contribution < 1.29 is 9.59 Å². The van der Waals surface area contributed by atoms with Crippen LogP contribution in [-0.4, -0.2) is 24.9 Å². The van der Waals surface area contributed by atoms with Crippen LogP contribution in [0.15, 0.2) is 54.6 Å². The van der Waals surface area contributed by atoms with Gasteiger partial charge in [0.05, 0.1) is 0 Å². The van der Waals surface area contributed by atoms with E-state index in [2.05, 4.69) is 36.6 Å². The molecule has 2 amide bonds. The molecule has 0 atom stereocenters. The molecule has 0 bridgehead atoms. The molecule has 0 radical (unpaired) electrons. The molecular formula is C22H28N2O2. The average Bonchev–Trinajstić information content (AvgIpc) is 2.65. The van der Waals surface area contributed by atoms with Crippen molar-refractivity contribution in [3.63, 3.8) is 0 Å². The van der Waals surface area contributed by atoms with E-state index >= 15 is 0 Å². The zero-order valence-corrected chi connectivity index (χ0v) is 15.6.